The first-order chi connectivity index (χ1) is 12.1. The number of rotatable bonds is 6. The summed E-state index contributed by atoms with van der Waals surface area (Å²) in [6.07, 6.45) is 4.02. The van der Waals surface area contributed by atoms with E-state index in [0.717, 1.165) is 58.4 Å². The molecule has 4 heteroatoms. The van der Waals surface area contributed by atoms with Crippen LogP contribution in [0.15, 0.2) is 24.3 Å². The van der Waals surface area contributed by atoms with Crippen molar-refractivity contribution in [1.82, 2.24) is 10.2 Å². The highest BCUT2D eigenvalue weighted by Crippen LogP contribution is 2.37. The van der Waals surface area contributed by atoms with Crippen LogP contribution in [-0.2, 0) is 4.79 Å². The Labute approximate surface area is 152 Å². The molecule has 138 valence electrons. The summed E-state index contributed by atoms with van der Waals surface area (Å²) in [5, 5.41) is 3.25. The summed E-state index contributed by atoms with van der Waals surface area (Å²) in [4.78, 5) is 17.4. The van der Waals surface area contributed by atoms with Gasteiger partial charge in [-0.1, -0.05) is 26.0 Å². The van der Waals surface area contributed by atoms with Crippen LogP contribution in [0.4, 0.5) is 5.69 Å². The zero-order chi connectivity index (χ0) is 17.9. The van der Waals surface area contributed by atoms with Crippen LogP contribution >= 0.6 is 0 Å². The number of anilines is 1. The van der Waals surface area contributed by atoms with Crippen LogP contribution in [0.1, 0.15) is 45.1 Å². The Morgan fingerprint density at radius 2 is 1.88 bits per heavy atom. The summed E-state index contributed by atoms with van der Waals surface area (Å²) >= 11 is 0. The van der Waals surface area contributed by atoms with E-state index in [1.807, 2.05) is 0 Å². The molecule has 0 saturated carbocycles. The van der Waals surface area contributed by atoms with Crippen LogP contribution in [0.3, 0.4) is 0 Å². The minimum absolute atomic E-state index is 0.103. The number of nitrogens with one attached hydrogen (secondary N) is 1. The second-order valence-corrected chi connectivity index (χ2v) is 7.82. The smallest absolute Gasteiger partial charge is 0.226 e. The van der Waals surface area contributed by atoms with Gasteiger partial charge in [-0.25, -0.2) is 0 Å². The van der Waals surface area contributed by atoms with E-state index >= 15 is 0 Å². The van der Waals surface area contributed by atoms with Crippen molar-refractivity contribution in [3.8, 4) is 0 Å². The van der Waals surface area contributed by atoms with Gasteiger partial charge < -0.3 is 10.2 Å². The van der Waals surface area contributed by atoms with Crippen molar-refractivity contribution >= 4 is 11.6 Å². The number of aryl methyl sites for hydroxylation is 1. The number of hydrogen-bond donors (Lipinski definition) is 1. The lowest BCUT2D eigenvalue weighted by atomic mass is 9.79. The van der Waals surface area contributed by atoms with Crippen LogP contribution in [0.25, 0.3) is 0 Å². The first-order valence-corrected chi connectivity index (χ1v) is 9.91. The van der Waals surface area contributed by atoms with E-state index in [9.17, 15) is 4.79 Å². The van der Waals surface area contributed by atoms with Crippen molar-refractivity contribution in [1.29, 1.82) is 0 Å². The monoisotopic (exact) mass is 343 g/mol. The summed E-state index contributed by atoms with van der Waals surface area (Å²) in [7, 11) is 0. The van der Waals surface area contributed by atoms with Gasteiger partial charge in [0.25, 0.3) is 0 Å². The van der Waals surface area contributed by atoms with Gasteiger partial charge in [0.05, 0.1) is 5.41 Å². The number of hydrogen-bond acceptors (Lipinski definition) is 3. The Morgan fingerprint density at radius 1 is 1.16 bits per heavy atom. The van der Waals surface area contributed by atoms with Gasteiger partial charge in [-0.2, -0.15) is 0 Å². The molecule has 2 fully saturated rings. The highest BCUT2D eigenvalue weighted by Gasteiger charge is 2.43. The Kier molecular flexibility index (Phi) is 5.67. The zero-order valence-electron chi connectivity index (χ0n) is 16.1. The average Bonchev–Trinajstić information content (AvgIpc) is 2.96. The molecule has 1 N–H and O–H groups in total. The maximum Gasteiger partial charge on any atom is 0.226 e. The molecule has 0 radical (unpaired) electrons. The molecule has 25 heavy (non-hydrogen) atoms. The van der Waals surface area contributed by atoms with Crippen LogP contribution in [-0.4, -0.2) is 49.6 Å². The third-order valence-electron chi connectivity index (χ3n) is 6.34. The molecule has 3 rings (SSSR count). The molecule has 1 amide bonds. The van der Waals surface area contributed by atoms with Crippen LogP contribution in [0.2, 0.25) is 0 Å². The van der Waals surface area contributed by atoms with E-state index in [1.165, 1.54) is 11.3 Å². The maximum atomic E-state index is 12.3. The average molecular weight is 344 g/mol. The van der Waals surface area contributed by atoms with Crippen molar-refractivity contribution in [2.24, 2.45) is 5.41 Å². The minimum atomic E-state index is -0.103. The normalized spacial score (nSPS) is 23.7. The molecule has 1 unspecified atom stereocenters. The third kappa shape index (κ3) is 4.00. The molecule has 2 saturated heterocycles. The predicted molar refractivity (Wildman–Crippen MR) is 104 cm³/mol. The number of carbonyl (C=O) groups excluding carboxylic acids is 1. The van der Waals surface area contributed by atoms with Crippen molar-refractivity contribution in [3.63, 3.8) is 0 Å². The standard InChI is InChI=1S/C21H33N3O/c1-4-21(5-2)16-18(22-20(21)25)9-10-23-11-13-24(14-12-23)19-8-6-7-17(3)15-19/h6-8,15,18H,4-5,9-14,16H2,1-3H3,(H,22,25). The topological polar surface area (TPSA) is 35.6 Å². The molecular formula is C21H33N3O. The van der Waals surface area contributed by atoms with E-state index in [4.69, 9.17) is 0 Å². The Bertz CT molecular complexity index is 589. The number of amides is 1. The van der Waals surface area contributed by atoms with E-state index in [-0.39, 0.29) is 11.3 Å². The lowest BCUT2D eigenvalue weighted by Crippen LogP contribution is -2.47. The Balaban J connectivity index is 1.45. The maximum absolute atomic E-state index is 12.3. The largest absolute Gasteiger partial charge is 0.369 e. The van der Waals surface area contributed by atoms with Gasteiger partial charge in [0.1, 0.15) is 0 Å². The lowest BCUT2D eigenvalue weighted by Gasteiger charge is -2.36. The van der Waals surface area contributed by atoms with Crippen molar-refractivity contribution in [2.75, 3.05) is 37.6 Å². The number of piperazine rings is 1. The molecule has 2 heterocycles. The lowest BCUT2D eigenvalue weighted by molar-refractivity contribution is -0.128. The van der Waals surface area contributed by atoms with Gasteiger partial charge in [0.2, 0.25) is 5.91 Å². The molecule has 2 aliphatic heterocycles. The van der Waals surface area contributed by atoms with E-state index < -0.39 is 0 Å². The van der Waals surface area contributed by atoms with Crippen molar-refractivity contribution < 1.29 is 4.79 Å². The molecule has 0 bridgehead atoms. The van der Waals surface area contributed by atoms with E-state index in [2.05, 4.69) is 60.2 Å². The molecule has 0 aliphatic carbocycles. The minimum Gasteiger partial charge on any atom is -0.369 e. The Morgan fingerprint density at radius 3 is 2.48 bits per heavy atom. The molecule has 1 aromatic rings. The van der Waals surface area contributed by atoms with Crippen LogP contribution in [0.5, 0.6) is 0 Å². The number of carbonyl (C=O) groups is 1. The van der Waals surface area contributed by atoms with Crippen LogP contribution < -0.4 is 10.2 Å². The third-order valence-corrected chi connectivity index (χ3v) is 6.34. The molecule has 1 atom stereocenters. The summed E-state index contributed by atoms with van der Waals surface area (Å²) < 4.78 is 0. The second-order valence-electron chi connectivity index (χ2n) is 7.82. The van der Waals surface area contributed by atoms with Crippen molar-refractivity contribution in [3.05, 3.63) is 29.8 Å². The first kappa shape index (κ1) is 18.2. The summed E-state index contributed by atoms with van der Waals surface area (Å²) in [6.45, 7) is 12.0. The van der Waals surface area contributed by atoms with Gasteiger partial charge in [-0.05, 0) is 50.3 Å². The molecular weight excluding hydrogens is 310 g/mol. The molecule has 2 aliphatic rings. The van der Waals surface area contributed by atoms with E-state index in [0.29, 0.717) is 6.04 Å². The Hall–Kier alpha value is -1.55. The summed E-state index contributed by atoms with van der Waals surface area (Å²) in [6, 6.07) is 9.16. The van der Waals surface area contributed by atoms with Crippen molar-refractivity contribution in [2.45, 2.75) is 52.5 Å². The zero-order valence-corrected chi connectivity index (χ0v) is 16.1. The fourth-order valence-electron chi connectivity index (χ4n) is 4.38. The fourth-order valence-corrected chi connectivity index (χ4v) is 4.38. The molecule has 0 aromatic heterocycles. The number of benzene rings is 1. The first-order valence-electron chi connectivity index (χ1n) is 9.91. The highest BCUT2D eigenvalue weighted by molar-refractivity contribution is 5.85. The van der Waals surface area contributed by atoms with Gasteiger partial charge >= 0.3 is 0 Å². The van der Waals surface area contributed by atoms with E-state index in [1.54, 1.807) is 0 Å². The summed E-state index contributed by atoms with van der Waals surface area (Å²) in [5.74, 6) is 0.284. The predicted octanol–water partition coefficient (Wildman–Crippen LogP) is 3.20. The molecule has 1 aromatic carbocycles. The summed E-state index contributed by atoms with van der Waals surface area (Å²) in [5.41, 5.74) is 2.57. The van der Waals surface area contributed by atoms with Gasteiger partial charge in [-0.15, -0.1) is 0 Å². The molecule has 4 nitrogen and oxygen atoms in total. The second kappa shape index (κ2) is 7.77. The highest BCUT2D eigenvalue weighted by atomic mass is 16.2. The van der Waals surface area contributed by atoms with Gasteiger partial charge in [0, 0.05) is 44.5 Å². The quantitative estimate of drug-likeness (QED) is 0.861. The van der Waals surface area contributed by atoms with Gasteiger partial charge in [-0.3, -0.25) is 9.69 Å². The fraction of sp³-hybridized carbons (Fsp3) is 0.667. The SMILES string of the molecule is CCC1(CC)CC(CCN2CCN(c3cccc(C)c3)CC2)NC1=O. The van der Waals surface area contributed by atoms with Gasteiger partial charge in [0.15, 0.2) is 0 Å². The number of nitrogens with zero attached hydrogens (tertiary/aromatic N) is 2. The van der Waals surface area contributed by atoms with Crippen LogP contribution in [0, 0.1) is 12.3 Å². The molecule has 0 spiro atoms.